The largest absolute Gasteiger partial charge is 0.508 e. The molecule has 0 heterocycles. The van der Waals surface area contributed by atoms with Crippen molar-refractivity contribution in [2.45, 2.75) is 25.4 Å². The molecule has 0 aromatic carbocycles. The third kappa shape index (κ3) is 1.29. The molecule has 1 rings (SSSR count). The molecule has 0 aromatic rings. The van der Waals surface area contributed by atoms with E-state index in [9.17, 15) is 5.11 Å². The van der Waals surface area contributed by atoms with E-state index in [1.807, 2.05) is 6.92 Å². The number of aliphatic hydroxyl groups is 1. The molecular weight excluding hydrogens is 140 g/mol. The number of rotatable bonds is 0. The fourth-order valence-electron chi connectivity index (χ4n) is 1.12. The third-order valence-electron chi connectivity index (χ3n) is 2.14. The molecule has 0 saturated carbocycles. The molecule has 0 aliphatic heterocycles. The summed E-state index contributed by atoms with van der Waals surface area (Å²) in [5.41, 5.74) is 11.8. The van der Waals surface area contributed by atoms with Crippen LogP contribution in [0.15, 0.2) is 23.5 Å². The van der Waals surface area contributed by atoms with Gasteiger partial charge in [0.25, 0.3) is 0 Å². The summed E-state index contributed by atoms with van der Waals surface area (Å²) in [6.45, 7) is 3.62. The second kappa shape index (κ2) is 2.36. The second-order valence-electron chi connectivity index (χ2n) is 3.25. The molecule has 2 unspecified atom stereocenters. The van der Waals surface area contributed by atoms with Crippen LogP contribution in [-0.4, -0.2) is 16.7 Å². The molecule has 1 aliphatic rings. The summed E-state index contributed by atoms with van der Waals surface area (Å²) >= 11 is 0. The van der Waals surface area contributed by atoms with Crippen LogP contribution in [0.3, 0.4) is 0 Å². The van der Waals surface area contributed by atoms with Gasteiger partial charge in [-0.2, -0.15) is 0 Å². The molecule has 0 spiro atoms. The van der Waals surface area contributed by atoms with Crippen LogP contribution in [0.4, 0.5) is 0 Å². The SMILES string of the molecule is CC1=C(O)C=CC(C)(N)C1N. The van der Waals surface area contributed by atoms with Crippen molar-refractivity contribution in [2.24, 2.45) is 11.5 Å². The van der Waals surface area contributed by atoms with Crippen LogP contribution < -0.4 is 11.5 Å². The van der Waals surface area contributed by atoms with Crippen LogP contribution in [0.1, 0.15) is 13.8 Å². The normalized spacial score (nSPS) is 38.0. The summed E-state index contributed by atoms with van der Waals surface area (Å²) in [6.07, 6.45) is 3.32. The van der Waals surface area contributed by atoms with Gasteiger partial charge in [0.1, 0.15) is 5.76 Å². The quantitative estimate of drug-likeness (QED) is 0.474. The molecule has 1 aliphatic carbocycles. The van der Waals surface area contributed by atoms with E-state index in [0.717, 1.165) is 5.57 Å². The Kier molecular flexibility index (Phi) is 1.78. The van der Waals surface area contributed by atoms with Gasteiger partial charge >= 0.3 is 0 Å². The van der Waals surface area contributed by atoms with Crippen molar-refractivity contribution >= 4 is 0 Å². The predicted octanol–water partition coefficient (Wildman–Crippen LogP) is 0.433. The van der Waals surface area contributed by atoms with Crippen LogP contribution in [0, 0.1) is 0 Å². The van der Waals surface area contributed by atoms with E-state index >= 15 is 0 Å². The summed E-state index contributed by atoms with van der Waals surface area (Å²) < 4.78 is 0. The maximum atomic E-state index is 9.24. The highest BCUT2D eigenvalue weighted by atomic mass is 16.3. The highest BCUT2D eigenvalue weighted by Crippen LogP contribution is 2.21. The van der Waals surface area contributed by atoms with E-state index in [1.165, 1.54) is 0 Å². The van der Waals surface area contributed by atoms with Crippen molar-refractivity contribution < 1.29 is 5.11 Å². The topological polar surface area (TPSA) is 72.3 Å². The average Bonchev–Trinajstić information content (AvgIpc) is 1.95. The number of hydrogen-bond acceptors (Lipinski definition) is 3. The molecule has 3 nitrogen and oxygen atoms in total. The van der Waals surface area contributed by atoms with Gasteiger partial charge in [0.05, 0.1) is 11.6 Å². The van der Waals surface area contributed by atoms with Crippen LogP contribution in [0.5, 0.6) is 0 Å². The first-order valence-electron chi connectivity index (χ1n) is 3.58. The van der Waals surface area contributed by atoms with Crippen LogP contribution in [0.25, 0.3) is 0 Å². The molecule has 0 aromatic heterocycles. The van der Waals surface area contributed by atoms with E-state index in [4.69, 9.17) is 11.5 Å². The minimum absolute atomic E-state index is 0.237. The first-order chi connectivity index (χ1) is 4.95. The summed E-state index contributed by atoms with van der Waals surface area (Å²) in [5.74, 6) is 0.237. The Morgan fingerprint density at radius 2 is 2.18 bits per heavy atom. The Bertz CT molecular complexity index is 228. The van der Waals surface area contributed by atoms with Gasteiger partial charge in [-0.05, 0) is 25.5 Å². The standard InChI is InChI=1S/C8H14N2O/c1-5-6(11)3-4-8(2,10)7(5)9/h3-4,7,11H,9-10H2,1-2H3. The van der Waals surface area contributed by atoms with Crippen molar-refractivity contribution in [3.8, 4) is 0 Å². The fourth-order valence-corrected chi connectivity index (χ4v) is 1.12. The molecular formula is C8H14N2O. The third-order valence-corrected chi connectivity index (χ3v) is 2.14. The molecule has 0 fully saturated rings. The van der Waals surface area contributed by atoms with Gasteiger partial charge in [0.15, 0.2) is 0 Å². The summed E-state index contributed by atoms with van der Waals surface area (Å²) in [6, 6.07) is -0.285. The Balaban J connectivity index is 3.01. The lowest BCUT2D eigenvalue weighted by Gasteiger charge is -2.32. The van der Waals surface area contributed by atoms with Gasteiger partial charge in [0, 0.05) is 0 Å². The van der Waals surface area contributed by atoms with Gasteiger partial charge < -0.3 is 16.6 Å². The van der Waals surface area contributed by atoms with Crippen LogP contribution in [0.2, 0.25) is 0 Å². The number of hydrogen-bond donors (Lipinski definition) is 3. The zero-order chi connectivity index (χ0) is 8.65. The first kappa shape index (κ1) is 8.30. The van der Waals surface area contributed by atoms with Gasteiger partial charge in [0.2, 0.25) is 0 Å². The van der Waals surface area contributed by atoms with Gasteiger partial charge in [-0.1, -0.05) is 6.08 Å². The van der Waals surface area contributed by atoms with E-state index < -0.39 is 5.54 Å². The highest BCUT2D eigenvalue weighted by Gasteiger charge is 2.29. The molecule has 0 saturated heterocycles. The van der Waals surface area contributed by atoms with Crippen molar-refractivity contribution in [1.82, 2.24) is 0 Å². The summed E-state index contributed by atoms with van der Waals surface area (Å²) in [5, 5.41) is 9.24. The molecule has 0 radical (unpaired) electrons. The number of nitrogens with two attached hydrogens (primary N) is 2. The van der Waals surface area contributed by atoms with Gasteiger partial charge in [-0.25, -0.2) is 0 Å². The van der Waals surface area contributed by atoms with Crippen molar-refractivity contribution in [3.05, 3.63) is 23.5 Å². The lowest BCUT2D eigenvalue weighted by atomic mass is 9.84. The predicted molar refractivity (Wildman–Crippen MR) is 45.0 cm³/mol. The van der Waals surface area contributed by atoms with Crippen LogP contribution in [-0.2, 0) is 0 Å². The zero-order valence-corrected chi connectivity index (χ0v) is 6.83. The van der Waals surface area contributed by atoms with E-state index in [2.05, 4.69) is 0 Å². The smallest absolute Gasteiger partial charge is 0.115 e. The molecule has 0 amide bonds. The van der Waals surface area contributed by atoms with Crippen LogP contribution >= 0.6 is 0 Å². The Morgan fingerprint density at radius 3 is 2.64 bits per heavy atom. The van der Waals surface area contributed by atoms with E-state index in [1.54, 1.807) is 19.1 Å². The maximum Gasteiger partial charge on any atom is 0.115 e. The maximum absolute atomic E-state index is 9.24. The Hall–Kier alpha value is -0.800. The summed E-state index contributed by atoms with van der Waals surface area (Å²) in [4.78, 5) is 0. The summed E-state index contributed by atoms with van der Waals surface area (Å²) in [7, 11) is 0. The monoisotopic (exact) mass is 154 g/mol. The minimum atomic E-state index is -0.531. The molecule has 3 heteroatoms. The van der Waals surface area contributed by atoms with Gasteiger partial charge in [-0.3, -0.25) is 0 Å². The van der Waals surface area contributed by atoms with E-state index in [-0.39, 0.29) is 11.8 Å². The molecule has 5 N–H and O–H groups in total. The lowest BCUT2D eigenvalue weighted by Crippen LogP contribution is -2.53. The molecule has 0 bridgehead atoms. The van der Waals surface area contributed by atoms with Gasteiger partial charge in [-0.15, -0.1) is 0 Å². The molecule has 62 valence electrons. The number of allylic oxidation sites excluding steroid dienone is 1. The average molecular weight is 154 g/mol. The van der Waals surface area contributed by atoms with Crippen molar-refractivity contribution in [2.75, 3.05) is 0 Å². The minimum Gasteiger partial charge on any atom is -0.508 e. The fraction of sp³-hybridized carbons (Fsp3) is 0.500. The van der Waals surface area contributed by atoms with Crippen molar-refractivity contribution in [1.29, 1.82) is 0 Å². The Labute approximate surface area is 66.4 Å². The highest BCUT2D eigenvalue weighted by molar-refractivity contribution is 5.34. The number of aliphatic hydroxyl groups excluding tert-OH is 1. The molecule has 11 heavy (non-hydrogen) atoms. The lowest BCUT2D eigenvalue weighted by molar-refractivity contribution is 0.391. The Morgan fingerprint density at radius 1 is 1.64 bits per heavy atom. The first-order valence-corrected chi connectivity index (χ1v) is 3.58. The van der Waals surface area contributed by atoms with Crippen molar-refractivity contribution in [3.63, 3.8) is 0 Å². The van der Waals surface area contributed by atoms with E-state index in [0.29, 0.717) is 0 Å². The second-order valence-corrected chi connectivity index (χ2v) is 3.25. The molecule has 2 atom stereocenters. The zero-order valence-electron chi connectivity index (χ0n) is 6.83.